The second kappa shape index (κ2) is 8.44. The van der Waals surface area contributed by atoms with Crippen molar-refractivity contribution < 1.29 is 27.4 Å². The number of nitro groups is 1. The number of aryl methyl sites for hydroxylation is 1. The van der Waals surface area contributed by atoms with Crippen molar-refractivity contribution in [2.45, 2.75) is 18.7 Å². The van der Waals surface area contributed by atoms with E-state index in [1.54, 1.807) is 13.8 Å². The number of anilines is 2. The van der Waals surface area contributed by atoms with Gasteiger partial charge in [-0.1, -0.05) is 5.16 Å². The van der Waals surface area contributed by atoms with E-state index in [1.807, 2.05) is 0 Å². The molecule has 1 heterocycles. The number of hydrogen-bond donors (Lipinski definition) is 2. The lowest BCUT2D eigenvalue weighted by atomic mass is 10.1. The van der Waals surface area contributed by atoms with E-state index in [2.05, 4.69) is 15.2 Å². The van der Waals surface area contributed by atoms with Crippen LogP contribution in [0.25, 0.3) is 0 Å². The Labute approximate surface area is 177 Å². The van der Waals surface area contributed by atoms with Crippen LogP contribution in [0.4, 0.5) is 17.3 Å². The Hall–Kier alpha value is -3.93. The van der Waals surface area contributed by atoms with Gasteiger partial charge in [-0.25, -0.2) is 13.1 Å². The van der Waals surface area contributed by atoms with Crippen molar-refractivity contribution in [1.29, 1.82) is 0 Å². The predicted molar refractivity (Wildman–Crippen MR) is 111 cm³/mol. The van der Waals surface area contributed by atoms with Gasteiger partial charge in [0.1, 0.15) is 0 Å². The Morgan fingerprint density at radius 3 is 2.39 bits per heavy atom. The number of amides is 1. The number of benzene rings is 2. The van der Waals surface area contributed by atoms with Crippen molar-refractivity contribution in [2.24, 2.45) is 0 Å². The van der Waals surface area contributed by atoms with Crippen LogP contribution in [-0.4, -0.2) is 31.5 Å². The van der Waals surface area contributed by atoms with Gasteiger partial charge in [0.25, 0.3) is 15.9 Å². The number of aromatic nitrogens is 1. The third-order valence-corrected chi connectivity index (χ3v) is 5.79. The molecule has 0 saturated heterocycles. The average Bonchev–Trinajstić information content (AvgIpc) is 3.05. The Morgan fingerprint density at radius 1 is 1.16 bits per heavy atom. The molecule has 3 aromatic rings. The van der Waals surface area contributed by atoms with Gasteiger partial charge in [-0.2, -0.15) is 0 Å². The molecule has 0 unspecified atom stereocenters. The lowest BCUT2D eigenvalue weighted by Crippen LogP contribution is -2.14. The quantitative estimate of drug-likeness (QED) is 0.414. The number of rotatable bonds is 7. The van der Waals surface area contributed by atoms with Crippen molar-refractivity contribution in [3.05, 3.63) is 69.4 Å². The van der Waals surface area contributed by atoms with E-state index in [-0.39, 0.29) is 27.8 Å². The average molecular weight is 446 g/mol. The molecule has 1 amide bonds. The fraction of sp³-hybridized carbons (Fsp3) is 0.158. The maximum absolute atomic E-state index is 12.5. The number of ether oxygens (including phenoxy) is 1. The predicted octanol–water partition coefficient (Wildman–Crippen LogP) is 3.26. The van der Waals surface area contributed by atoms with E-state index in [1.165, 1.54) is 43.5 Å². The summed E-state index contributed by atoms with van der Waals surface area (Å²) in [5.41, 5.74) is 1.13. The molecule has 0 aliphatic heterocycles. The lowest BCUT2D eigenvalue weighted by Gasteiger charge is -2.09. The SMILES string of the molecule is COc1ccc(C(=O)Nc2ccc(S(=O)(=O)Nc3onc(C)c3C)cc2)cc1[N+](=O)[O-]. The number of carbonyl (C=O) groups is 1. The highest BCUT2D eigenvalue weighted by Gasteiger charge is 2.20. The van der Waals surface area contributed by atoms with Crippen LogP contribution >= 0.6 is 0 Å². The zero-order valence-corrected chi connectivity index (χ0v) is 17.5. The van der Waals surface area contributed by atoms with Gasteiger partial charge < -0.3 is 14.6 Å². The minimum atomic E-state index is -3.93. The molecule has 1 aromatic heterocycles. The first kappa shape index (κ1) is 21.8. The molecule has 162 valence electrons. The Kier molecular flexibility index (Phi) is 5.92. The highest BCUT2D eigenvalue weighted by Crippen LogP contribution is 2.28. The fourth-order valence-electron chi connectivity index (χ4n) is 2.59. The smallest absolute Gasteiger partial charge is 0.311 e. The molecule has 2 N–H and O–H groups in total. The zero-order valence-electron chi connectivity index (χ0n) is 16.7. The summed E-state index contributed by atoms with van der Waals surface area (Å²) in [5.74, 6) is -0.552. The zero-order chi connectivity index (χ0) is 22.8. The maximum Gasteiger partial charge on any atom is 0.311 e. The van der Waals surface area contributed by atoms with Gasteiger partial charge in [0.2, 0.25) is 5.88 Å². The molecular formula is C19H18N4O7S. The number of sulfonamides is 1. The minimum Gasteiger partial charge on any atom is -0.490 e. The van der Waals surface area contributed by atoms with Crippen LogP contribution in [0.2, 0.25) is 0 Å². The molecule has 0 atom stereocenters. The first-order valence-electron chi connectivity index (χ1n) is 8.82. The summed E-state index contributed by atoms with van der Waals surface area (Å²) in [4.78, 5) is 22.8. The monoisotopic (exact) mass is 446 g/mol. The Bertz CT molecular complexity index is 1250. The van der Waals surface area contributed by atoms with E-state index < -0.39 is 20.9 Å². The van der Waals surface area contributed by atoms with Crippen LogP contribution in [0.5, 0.6) is 5.75 Å². The van der Waals surface area contributed by atoms with Crippen LogP contribution in [0, 0.1) is 24.0 Å². The van der Waals surface area contributed by atoms with E-state index >= 15 is 0 Å². The van der Waals surface area contributed by atoms with Crippen molar-refractivity contribution in [2.75, 3.05) is 17.1 Å². The standard InChI is InChI=1S/C19H18N4O7S/c1-11-12(2)21-30-19(11)22-31(27,28)15-7-5-14(6-8-15)20-18(24)13-4-9-17(29-3)16(10-13)23(25)26/h4-10,22H,1-3H3,(H,20,24). The molecule has 31 heavy (non-hydrogen) atoms. The molecule has 0 fully saturated rings. The van der Waals surface area contributed by atoms with Crippen LogP contribution < -0.4 is 14.8 Å². The fourth-order valence-corrected chi connectivity index (χ4v) is 3.63. The number of hydrogen-bond acceptors (Lipinski definition) is 8. The summed E-state index contributed by atoms with van der Waals surface area (Å²) in [6, 6.07) is 9.18. The third kappa shape index (κ3) is 4.64. The van der Waals surface area contributed by atoms with Crippen LogP contribution in [0.15, 0.2) is 51.9 Å². The number of nitrogens with one attached hydrogen (secondary N) is 2. The molecule has 11 nitrogen and oxygen atoms in total. The molecule has 0 saturated carbocycles. The van der Waals surface area contributed by atoms with E-state index in [0.717, 1.165) is 6.07 Å². The summed E-state index contributed by atoms with van der Waals surface area (Å²) >= 11 is 0. The van der Waals surface area contributed by atoms with Crippen LogP contribution in [-0.2, 0) is 10.0 Å². The molecule has 12 heteroatoms. The van der Waals surface area contributed by atoms with Gasteiger partial charge in [0, 0.05) is 22.9 Å². The van der Waals surface area contributed by atoms with Crippen molar-refractivity contribution in [1.82, 2.24) is 5.16 Å². The molecule has 0 bridgehead atoms. The summed E-state index contributed by atoms with van der Waals surface area (Å²) in [6.45, 7) is 3.36. The second-order valence-corrected chi connectivity index (χ2v) is 8.13. The molecule has 0 aliphatic rings. The third-order valence-electron chi connectivity index (χ3n) is 4.44. The topological polar surface area (TPSA) is 154 Å². The molecule has 0 aliphatic carbocycles. The maximum atomic E-state index is 12.5. The molecule has 0 spiro atoms. The summed E-state index contributed by atoms with van der Waals surface area (Å²) in [6.07, 6.45) is 0. The van der Waals surface area contributed by atoms with E-state index in [4.69, 9.17) is 9.26 Å². The summed E-state index contributed by atoms with van der Waals surface area (Å²) in [5, 5.41) is 17.4. The van der Waals surface area contributed by atoms with Gasteiger partial charge in [-0.05, 0) is 50.2 Å². The Morgan fingerprint density at radius 2 is 1.84 bits per heavy atom. The molecule has 0 radical (unpaired) electrons. The first-order chi connectivity index (χ1) is 14.6. The van der Waals surface area contributed by atoms with Crippen molar-refractivity contribution in [3.63, 3.8) is 0 Å². The van der Waals surface area contributed by atoms with Gasteiger partial charge in [-0.3, -0.25) is 14.9 Å². The van der Waals surface area contributed by atoms with Gasteiger partial charge in [-0.15, -0.1) is 0 Å². The minimum absolute atomic E-state index is 0.0241. The Balaban J connectivity index is 1.76. The largest absolute Gasteiger partial charge is 0.490 e. The van der Waals surface area contributed by atoms with E-state index in [9.17, 15) is 23.3 Å². The van der Waals surface area contributed by atoms with Crippen LogP contribution in [0.1, 0.15) is 21.6 Å². The molecular weight excluding hydrogens is 428 g/mol. The first-order valence-corrected chi connectivity index (χ1v) is 10.3. The van der Waals surface area contributed by atoms with Crippen LogP contribution in [0.3, 0.4) is 0 Å². The highest BCUT2D eigenvalue weighted by molar-refractivity contribution is 7.92. The normalized spacial score (nSPS) is 11.1. The molecule has 2 aromatic carbocycles. The number of carbonyl (C=O) groups excluding carboxylic acids is 1. The number of methoxy groups -OCH3 is 1. The number of nitrogens with zero attached hydrogens (tertiary/aromatic N) is 2. The van der Waals surface area contributed by atoms with Crippen molar-refractivity contribution >= 4 is 33.2 Å². The van der Waals surface area contributed by atoms with Gasteiger partial charge >= 0.3 is 5.69 Å². The van der Waals surface area contributed by atoms with Crippen molar-refractivity contribution in [3.8, 4) is 5.75 Å². The van der Waals surface area contributed by atoms with Gasteiger partial charge in [0.05, 0.1) is 22.6 Å². The second-order valence-electron chi connectivity index (χ2n) is 6.45. The highest BCUT2D eigenvalue weighted by atomic mass is 32.2. The number of nitro benzene ring substituents is 1. The van der Waals surface area contributed by atoms with Gasteiger partial charge in [0.15, 0.2) is 5.75 Å². The molecule has 3 rings (SSSR count). The summed E-state index contributed by atoms with van der Waals surface area (Å²) in [7, 11) is -2.64. The lowest BCUT2D eigenvalue weighted by molar-refractivity contribution is -0.385. The summed E-state index contributed by atoms with van der Waals surface area (Å²) < 4.78 is 37.2. The van der Waals surface area contributed by atoms with E-state index in [0.29, 0.717) is 16.9 Å².